The van der Waals surface area contributed by atoms with Gasteiger partial charge in [-0.1, -0.05) is 41.6 Å². The minimum absolute atomic E-state index is 0.318. The average molecular weight is 302 g/mol. The molecule has 0 heterocycles. The molecule has 2 fully saturated rings. The summed E-state index contributed by atoms with van der Waals surface area (Å²) in [4.78, 5) is 14.2. The highest BCUT2D eigenvalue weighted by atomic mass is 79.9. The van der Waals surface area contributed by atoms with E-state index in [0.29, 0.717) is 11.8 Å². The van der Waals surface area contributed by atoms with Crippen LogP contribution in [0.2, 0.25) is 0 Å². The third-order valence-corrected chi connectivity index (χ3v) is 5.04. The van der Waals surface area contributed by atoms with Crippen LogP contribution in [0.25, 0.3) is 0 Å². The summed E-state index contributed by atoms with van der Waals surface area (Å²) < 4.78 is 0. The minimum Gasteiger partial charge on any atom is -0.345 e. The van der Waals surface area contributed by atoms with Crippen molar-refractivity contribution < 1.29 is 4.79 Å². The van der Waals surface area contributed by atoms with Crippen molar-refractivity contribution in [1.29, 1.82) is 0 Å². The van der Waals surface area contributed by atoms with E-state index in [1.54, 1.807) is 0 Å². The number of hydrogen-bond donors (Lipinski definition) is 0. The molecular weight excluding hydrogens is 278 g/mol. The molecule has 0 aliphatic heterocycles. The topological polar surface area (TPSA) is 20.3 Å². The molecule has 0 spiro atoms. The van der Waals surface area contributed by atoms with Crippen LogP contribution in [0.1, 0.15) is 44.9 Å². The third kappa shape index (κ3) is 3.24. The second-order valence-electron chi connectivity index (χ2n) is 5.76. The van der Waals surface area contributed by atoms with Crippen molar-refractivity contribution in [3.05, 3.63) is 0 Å². The number of rotatable bonds is 3. The summed E-state index contributed by atoms with van der Waals surface area (Å²) in [6.45, 7) is 0.837. The molecule has 2 aliphatic carbocycles. The number of halogens is 1. The van der Waals surface area contributed by atoms with Crippen LogP contribution in [0.5, 0.6) is 0 Å². The van der Waals surface area contributed by atoms with Gasteiger partial charge in [0.25, 0.3) is 0 Å². The Kier molecular flexibility index (Phi) is 4.89. The van der Waals surface area contributed by atoms with Crippen molar-refractivity contribution in [3.8, 4) is 0 Å². The zero-order valence-corrected chi connectivity index (χ0v) is 12.4. The molecule has 1 amide bonds. The molecule has 2 rings (SSSR count). The first kappa shape index (κ1) is 13.4. The van der Waals surface area contributed by atoms with Gasteiger partial charge in [0.1, 0.15) is 0 Å². The Balaban J connectivity index is 1.88. The van der Waals surface area contributed by atoms with Gasteiger partial charge in [-0.15, -0.1) is 0 Å². The molecule has 2 aliphatic rings. The zero-order valence-electron chi connectivity index (χ0n) is 10.8. The molecule has 2 saturated carbocycles. The molecule has 0 bridgehead atoms. The Hall–Kier alpha value is -0.0500. The molecular formula is C14H24BrNO. The highest BCUT2D eigenvalue weighted by Crippen LogP contribution is 2.42. The van der Waals surface area contributed by atoms with Crippen LogP contribution in [0.4, 0.5) is 0 Å². The lowest BCUT2D eigenvalue weighted by Gasteiger charge is -2.39. The summed E-state index contributed by atoms with van der Waals surface area (Å²) in [7, 11) is 1.94. The predicted molar refractivity (Wildman–Crippen MR) is 74.2 cm³/mol. The summed E-state index contributed by atoms with van der Waals surface area (Å²) in [6, 6.07) is 0. The Morgan fingerprint density at radius 2 is 1.88 bits per heavy atom. The standard InChI is InChI=1S/C14H24BrNO/c1-16(9-8-15)14(17)13-7-6-11-4-2-3-5-12(11)10-13/h11-13H,2-10H2,1H3. The number of carbonyl (C=O) groups excluding carboxylic acids is 1. The van der Waals surface area contributed by atoms with Crippen LogP contribution in [0.3, 0.4) is 0 Å². The van der Waals surface area contributed by atoms with Gasteiger partial charge < -0.3 is 4.90 Å². The summed E-state index contributed by atoms with van der Waals surface area (Å²) >= 11 is 3.40. The van der Waals surface area contributed by atoms with Gasteiger partial charge in [-0.3, -0.25) is 4.79 Å². The van der Waals surface area contributed by atoms with Crippen LogP contribution in [-0.4, -0.2) is 29.7 Å². The Morgan fingerprint density at radius 3 is 2.59 bits per heavy atom. The molecule has 2 nitrogen and oxygen atoms in total. The molecule has 0 radical (unpaired) electrons. The van der Waals surface area contributed by atoms with Gasteiger partial charge in [0.05, 0.1) is 0 Å². The lowest BCUT2D eigenvalue weighted by Crippen LogP contribution is -2.39. The van der Waals surface area contributed by atoms with E-state index in [1.165, 1.54) is 32.1 Å². The van der Waals surface area contributed by atoms with Gasteiger partial charge in [-0.05, 0) is 31.1 Å². The smallest absolute Gasteiger partial charge is 0.225 e. The van der Waals surface area contributed by atoms with E-state index in [9.17, 15) is 4.79 Å². The van der Waals surface area contributed by atoms with Crippen molar-refractivity contribution in [2.24, 2.45) is 17.8 Å². The van der Waals surface area contributed by atoms with E-state index >= 15 is 0 Å². The fraction of sp³-hybridized carbons (Fsp3) is 0.929. The molecule has 98 valence electrons. The van der Waals surface area contributed by atoms with Gasteiger partial charge in [0, 0.05) is 24.8 Å². The maximum absolute atomic E-state index is 12.3. The molecule has 3 heteroatoms. The van der Waals surface area contributed by atoms with Crippen molar-refractivity contribution in [2.75, 3.05) is 18.9 Å². The van der Waals surface area contributed by atoms with E-state index in [1.807, 2.05) is 11.9 Å². The zero-order chi connectivity index (χ0) is 12.3. The van der Waals surface area contributed by atoms with Crippen LogP contribution >= 0.6 is 15.9 Å². The summed E-state index contributed by atoms with van der Waals surface area (Å²) in [5, 5.41) is 0.883. The van der Waals surface area contributed by atoms with E-state index in [4.69, 9.17) is 0 Å². The Labute approximate surface area is 113 Å². The van der Waals surface area contributed by atoms with E-state index in [2.05, 4.69) is 15.9 Å². The van der Waals surface area contributed by atoms with E-state index in [-0.39, 0.29) is 0 Å². The third-order valence-electron chi connectivity index (χ3n) is 4.69. The molecule has 0 aromatic rings. The quantitative estimate of drug-likeness (QED) is 0.731. The van der Waals surface area contributed by atoms with Gasteiger partial charge in [-0.25, -0.2) is 0 Å². The SMILES string of the molecule is CN(CCBr)C(=O)C1CCC2CCCCC2C1. The number of hydrogen-bond acceptors (Lipinski definition) is 1. The van der Waals surface area contributed by atoms with Crippen molar-refractivity contribution >= 4 is 21.8 Å². The normalized spacial score (nSPS) is 32.9. The predicted octanol–water partition coefficient (Wildman–Crippen LogP) is 3.45. The van der Waals surface area contributed by atoms with Crippen molar-refractivity contribution in [3.63, 3.8) is 0 Å². The first-order valence-corrected chi connectivity index (χ1v) is 8.15. The van der Waals surface area contributed by atoms with Crippen LogP contribution in [0, 0.1) is 17.8 Å². The Bertz CT molecular complexity index is 269. The highest BCUT2D eigenvalue weighted by Gasteiger charge is 2.35. The molecule has 17 heavy (non-hydrogen) atoms. The lowest BCUT2D eigenvalue weighted by atomic mass is 9.67. The lowest BCUT2D eigenvalue weighted by molar-refractivity contribution is -0.136. The van der Waals surface area contributed by atoms with Gasteiger partial charge >= 0.3 is 0 Å². The van der Waals surface area contributed by atoms with Gasteiger partial charge in [0.15, 0.2) is 0 Å². The fourth-order valence-corrected chi connectivity index (χ4v) is 4.18. The largest absolute Gasteiger partial charge is 0.345 e. The summed E-state index contributed by atoms with van der Waals surface area (Å²) in [5.74, 6) is 2.49. The second-order valence-corrected chi connectivity index (χ2v) is 6.56. The van der Waals surface area contributed by atoms with E-state index < -0.39 is 0 Å². The second kappa shape index (κ2) is 6.21. The average Bonchev–Trinajstić information content (AvgIpc) is 2.37. The first-order chi connectivity index (χ1) is 8.22. The van der Waals surface area contributed by atoms with Crippen molar-refractivity contribution in [2.45, 2.75) is 44.9 Å². The molecule has 0 aromatic carbocycles. The maximum Gasteiger partial charge on any atom is 0.225 e. The fourth-order valence-electron chi connectivity index (χ4n) is 3.65. The minimum atomic E-state index is 0.318. The van der Waals surface area contributed by atoms with Gasteiger partial charge in [-0.2, -0.15) is 0 Å². The number of carbonyl (C=O) groups is 1. The highest BCUT2D eigenvalue weighted by molar-refractivity contribution is 9.09. The molecule has 0 aromatic heterocycles. The summed E-state index contributed by atoms with van der Waals surface area (Å²) in [6.07, 6.45) is 9.19. The van der Waals surface area contributed by atoms with E-state index in [0.717, 1.165) is 36.6 Å². The number of amides is 1. The molecule has 0 saturated heterocycles. The molecule has 0 N–H and O–H groups in total. The van der Waals surface area contributed by atoms with Crippen LogP contribution in [0.15, 0.2) is 0 Å². The summed E-state index contributed by atoms with van der Waals surface area (Å²) in [5.41, 5.74) is 0. The number of fused-ring (bicyclic) bond motifs is 1. The monoisotopic (exact) mass is 301 g/mol. The Morgan fingerprint density at radius 1 is 1.18 bits per heavy atom. The first-order valence-electron chi connectivity index (χ1n) is 7.03. The molecule has 3 atom stereocenters. The number of nitrogens with zero attached hydrogens (tertiary/aromatic N) is 1. The van der Waals surface area contributed by atoms with Crippen LogP contribution < -0.4 is 0 Å². The van der Waals surface area contributed by atoms with Gasteiger partial charge in [0.2, 0.25) is 5.91 Å². The van der Waals surface area contributed by atoms with Crippen LogP contribution in [-0.2, 0) is 4.79 Å². The van der Waals surface area contributed by atoms with Crippen molar-refractivity contribution in [1.82, 2.24) is 4.90 Å². The molecule has 3 unspecified atom stereocenters. The number of alkyl halides is 1. The maximum atomic E-state index is 12.3.